The second-order valence-corrected chi connectivity index (χ2v) is 8.53. The molecule has 0 N–H and O–H groups in total. The van der Waals surface area contributed by atoms with E-state index in [0.717, 1.165) is 14.9 Å². The van der Waals surface area contributed by atoms with E-state index >= 15 is 0 Å². The third-order valence-corrected chi connectivity index (χ3v) is 6.13. The lowest BCUT2D eigenvalue weighted by Gasteiger charge is -2.09. The minimum Gasteiger partial charge on any atom is -0.332 e. The highest BCUT2D eigenvalue weighted by Crippen LogP contribution is 2.27. The zero-order valence-electron chi connectivity index (χ0n) is 16.3. The van der Waals surface area contributed by atoms with Crippen molar-refractivity contribution in [2.45, 2.75) is 4.90 Å². The molecular weight excluding hydrogens is 476 g/mol. The van der Waals surface area contributed by atoms with Crippen molar-refractivity contribution in [3.05, 3.63) is 87.6 Å². The van der Waals surface area contributed by atoms with Gasteiger partial charge >= 0.3 is 0 Å². The summed E-state index contributed by atoms with van der Waals surface area (Å²) in [5.74, 6) is 0.723. The minimum atomic E-state index is -0.214. The summed E-state index contributed by atoms with van der Waals surface area (Å²) in [5.41, 5.74) is 1.73. The molecule has 6 nitrogen and oxygen atoms in total. The Morgan fingerprint density at radius 1 is 0.935 bits per heavy atom. The number of nitrogens with zero attached hydrogens (tertiary/aromatic N) is 4. The van der Waals surface area contributed by atoms with Crippen LogP contribution in [0.25, 0.3) is 39.4 Å². The van der Waals surface area contributed by atoms with Gasteiger partial charge in [-0.3, -0.25) is 4.79 Å². The fourth-order valence-electron chi connectivity index (χ4n) is 3.28. The van der Waals surface area contributed by atoms with Gasteiger partial charge < -0.3 is 4.52 Å². The summed E-state index contributed by atoms with van der Waals surface area (Å²) in [7, 11) is 0. The van der Waals surface area contributed by atoms with Crippen LogP contribution in [0.15, 0.2) is 91.5 Å². The zero-order chi connectivity index (χ0) is 21.4. The van der Waals surface area contributed by atoms with E-state index < -0.39 is 0 Å². The summed E-state index contributed by atoms with van der Waals surface area (Å²) in [6.07, 6.45) is 2.03. The molecule has 0 atom stereocenters. The molecule has 5 aromatic rings. The highest BCUT2D eigenvalue weighted by molar-refractivity contribution is 9.10. The van der Waals surface area contributed by atoms with Crippen LogP contribution in [-0.2, 0) is 0 Å². The van der Waals surface area contributed by atoms with Crippen LogP contribution < -0.4 is 5.56 Å². The molecule has 8 heteroatoms. The SMILES string of the molecule is CSc1ccc(-c2noc(-c3nn(-c4ccc(Br)cc4)c(=O)c4ccccc34)n2)cc1. The number of hydrogen-bond acceptors (Lipinski definition) is 6. The van der Waals surface area contributed by atoms with E-state index in [-0.39, 0.29) is 11.4 Å². The van der Waals surface area contributed by atoms with Crippen molar-refractivity contribution in [2.24, 2.45) is 0 Å². The molecule has 2 aromatic heterocycles. The van der Waals surface area contributed by atoms with E-state index in [4.69, 9.17) is 4.52 Å². The lowest BCUT2D eigenvalue weighted by atomic mass is 10.1. The largest absolute Gasteiger partial charge is 0.332 e. The Morgan fingerprint density at radius 3 is 2.35 bits per heavy atom. The molecule has 31 heavy (non-hydrogen) atoms. The van der Waals surface area contributed by atoms with Gasteiger partial charge in [-0.05, 0) is 60.9 Å². The maximum Gasteiger partial charge on any atom is 0.279 e. The first-order chi connectivity index (χ1) is 15.1. The normalized spacial score (nSPS) is 11.2. The first-order valence-electron chi connectivity index (χ1n) is 9.40. The number of rotatable bonds is 4. The van der Waals surface area contributed by atoms with Crippen LogP contribution in [0, 0.1) is 0 Å². The van der Waals surface area contributed by atoms with Gasteiger partial charge in [-0.15, -0.1) is 11.8 Å². The Hall–Kier alpha value is -3.23. The number of hydrogen-bond donors (Lipinski definition) is 0. The van der Waals surface area contributed by atoms with Crippen LogP contribution in [0.2, 0.25) is 0 Å². The van der Waals surface area contributed by atoms with Crippen LogP contribution in [0.1, 0.15) is 0 Å². The van der Waals surface area contributed by atoms with Gasteiger partial charge in [0.15, 0.2) is 5.69 Å². The number of aromatic nitrogens is 4. The van der Waals surface area contributed by atoms with Crippen molar-refractivity contribution in [1.29, 1.82) is 0 Å². The average molecular weight is 491 g/mol. The molecule has 0 aliphatic heterocycles. The van der Waals surface area contributed by atoms with Crippen molar-refractivity contribution < 1.29 is 4.52 Å². The number of halogens is 1. The van der Waals surface area contributed by atoms with E-state index in [1.807, 2.05) is 73.0 Å². The Labute approximate surface area is 190 Å². The smallest absolute Gasteiger partial charge is 0.279 e. The molecule has 0 aliphatic rings. The maximum atomic E-state index is 13.1. The summed E-state index contributed by atoms with van der Waals surface area (Å²) in [5, 5.41) is 9.92. The molecule has 5 rings (SSSR count). The van der Waals surface area contributed by atoms with Gasteiger partial charge in [0.25, 0.3) is 11.4 Å². The predicted octanol–water partition coefficient (Wildman–Crippen LogP) is 5.59. The summed E-state index contributed by atoms with van der Waals surface area (Å²) in [4.78, 5) is 18.8. The van der Waals surface area contributed by atoms with E-state index in [1.54, 1.807) is 17.8 Å². The molecule has 0 saturated heterocycles. The van der Waals surface area contributed by atoms with Crippen LogP contribution in [0.4, 0.5) is 0 Å². The highest BCUT2D eigenvalue weighted by Gasteiger charge is 2.19. The second-order valence-electron chi connectivity index (χ2n) is 6.74. The van der Waals surface area contributed by atoms with E-state index in [1.165, 1.54) is 4.68 Å². The monoisotopic (exact) mass is 490 g/mol. The van der Waals surface area contributed by atoms with Crippen molar-refractivity contribution >= 4 is 38.5 Å². The fraction of sp³-hybridized carbons (Fsp3) is 0.0435. The number of benzene rings is 3. The summed E-state index contributed by atoms with van der Waals surface area (Å²) in [6, 6.07) is 22.6. The van der Waals surface area contributed by atoms with Crippen LogP contribution >= 0.6 is 27.7 Å². The molecule has 152 valence electrons. The summed E-state index contributed by atoms with van der Waals surface area (Å²) in [6.45, 7) is 0. The highest BCUT2D eigenvalue weighted by atomic mass is 79.9. The van der Waals surface area contributed by atoms with Gasteiger partial charge in [0, 0.05) is 20.3 Å². The summed E-state index contributed by atoms with van der Waals surface area (Å²) >= 11 is 5.09. The van der Waals surface area contributed by atoms with Gasteiger partial charge in [0.1, 0.15) is 0 Å². The topological polar surface area (TPSA) is 73.8 Å². The second kappa shape index (κ2) is 8.13. The molecule has 0 fully saturated rings. The van der Waals surface area contributed by atoms with Crippen molar-refractivity contribution in [1.82, 2.24) is 19.9 Å². The molecular formula is C23H15BrN4O2S. The third kappa shape index (κ3) is 3.68. The Balaban J connectivity index is 1.68. The van der Waals surface area contributed by atoms with Gasteiger partial charge in [-0.25, -0.2) is 0 Å². The van der Waals surface area contributed by atoms with E-state index in [9.17, 15) is 4.79 Å². The van der Waals surface area contributed by atoms with Crippen molar-refractivity contribution in [2.75, 3.05) is 6.26 Å². The molecule has 3 aromatic carbocycles. The van der Waals surface area contributed by atoms with Crippen molar-refractivity contribution in [3.63, 3.8) is 0 Å². The zero-order valence-corrected chi connectivity index (χ0v) is 18.7. The van der Waals surface area contributed by atoms with Gasteiger partial charge in [-0.1, -0.05) is 39.3 Å². The van der Waals surface area contributed by atoms with Crippen molar-refractivity contribution in [3.8, 4) is 28.7 Å². The Kier molecular flexibility index (Phi) is 5.17. The molecule has 0 spiro atoms. The minimum absolute atomic E-state index is 0.214. The Bertz CT molecular complexity index is 1440. The standard InChI is InChI=1S/C23H15BrN4O2S/c1-31-17-12-6-14(7-13-17)21-25-22(30-27-21)20-18-4-2-3-5-19(18)23(29)28(26-20)16-10-8-15(24)9-11-16/h2-13H,1H3. The van der Waals surface area contributed by atoms with Crippen LogP contribution in [0.3, 0.4) is 0 Å². The molecule has 0 radical (unpaired) electrons. The van der Waals surface area contributed by atoms with Gasteiger partial charge in [0.2, 0.25) is 5.82 Å². The van der Waals surface area contributed by atoms with E-state index in [2.05, 4.69) is 31.2 Å². The first-order valence-corrected chi connectivity index (χ1v) is 11.4. The van der Waals surface area contributed by atoms with Crippen LogP contribution in [0.5, 0.6) is 0 Å². The summed E-state index contributed by atoms with van der Waals surface area (Å²) < 4.78 is 7.85. The van der Waals surface area contributed by atoms with E-state index in [0.29, 0.717) is 28.0 Å². The van der Waals surface area contributed by atoms with Crippen LogP contribution in [-0.4, -0.2) is 26.2 Å². The quantitative estimate of drug-likeness (QED) is 0.306. The third-order valence-electron chi connectivity index (χ3n) is 4.85. The molecule has 0 bridgehead atoms. The fourth-order valence-corrected chi connectivity index (χ4v) is 3.95. The molecule has 0 saturated carbocycles. The maximum absolute atomic E-state index is 13.1. The lowest BCUT2D eigenvalue weighted by molar-refractivity contribution is 0.430. The lowest BCUT2D eigenvalue weighted by Crippen LogP contribution is -2.22. The predicted molar refractivity (Wildman–Crippen MR) is 126 cm³/mol. The molecule has 0 aliphatic carbocycles. The average Bonchev–Trinajstić information content (AvgIpc) is 3.30. The molecule has 0 amide bonds. The number of thioether (sulfide) groups is 1. The molecule has 2 heterocycles. The first kappa shape index (κ1) is 19.7. The van der Waals surface area contributed by atoms with Gasteiger partial charge in [-0.2, -0.15) is 14.8 Å². The molecule has 0 unspecified atom stereocenters. The van der Waals surface area contributed by atoms with Gasteiger partial charge in [0.05, 0.1) is 11.1 Å². The number of fused-ring (bicyclic) bond motifs is 1. The Morgan fingerprint density at radius 2 is 1.65 bits per heavy atom.